The molecule has 11 nitrogen and oxygen atoms in total. The van der Waals surface area contributed by atoms with Gasteiger partial charge in [-0.25, -0.2) is 13.2 Å². The van der Waals surface area contributed by atoms with Crippen molar-refractivity contribution in [1.82, 2.24) is 10.2 Å². The fourth-order valence-corrected chi connectivity index (χ4v) is 5.66. The molecule has 2 saturated heterocycles. The van der Waals surface area contributed by atoms with E-state index in [4.69, 9.17) is 19.4 Å². The average Bonchev–Trinajstić information content (AvgIpc) is 3.26. The van der Waals surface area contributed by atoms with Crippen molar-refractivity contribution in [2.75, 3.05) is 63.1 Å². The molecule has 232 valence electrons. The van der Waals surface area contributed by atoms with Crippen LogP contribution in [0.5, 0.6) is 11.5 Å². The van der Waals surface area contributed by atoms with Crippen LogP contribution in [0, 0.1) is 0 Å². The Hall–Kier alpha value is -3.72. The molecule has 2 aromatic rings. The van der Waals surface area contributed by atoms with Gasteiger partial charge < -0.3 is 29.7 Å². The van der Waals surface area contributed by atoms with Gasteiger partial charge in [-0.2, -0.15) is 13.2 Å². The van der Waals surface area contributed by atoms with Crippen molar-refractivity contribution in [2.24, 2.45) is 0 Å². The summed E-state index contributed by atoms with van der Waals surface area (Å²) in [5, 5.41) is 10.4. The third-order valence-electron chi connectivity index (χ3n) is 6.75. The molecule has 2 fully saturated rings. The highest BCUT2D eigenvalue weighted by Crippen LogP contribution is 2.33. The van der Waals surface area contributed by atoms with Crippen molar-refractivity contribution in [2.45, 2.75) is 36.8 Å². The largest absolute Gasteiger partial charge is 0.493 e. The van der Waals surface area contributed by atoms with E-state index in [1.54, 1.807) is 18.2 Å². The highest BCUT2D eigenvalue weighted by molar-refractivity contribution is 7.92. The molecule has 0 radical (unpaired) electrons. The van der Waals surface area contributed by atoms with Crippen LogP contribution in [-0.4, -0.2) is 90.0 Å². The number of sulfonamides is 1. The number of rotatable bonds is 7. The molecular formula is C27H35F3N4O7S. The molecule has 0 bridgehead atoms. The first-order valence-corrected chi connectivity index (χ1v) is 14.8. The lowest BCUT2D eigenvalue weighted by Crippen LogP contribution is -2.43. The van der Waals surface area contributed by atoms with E-state index in [0.717, 1.165) is 70.6 Å². The number of hydrogen-bond acceptors (Lipinski definition) is 8. The number of carboxylic acids is 1. The normalized spacial score (nSPS) is 16.0. The molecule has 2 aliphatic heterocycles. The second-order valence-electron chi connectivity index (χ2n) is 9.60. The molecule has 1 amide bonds. The van der Waals surface area contributed by atoms with Crippen molar-refractivity contribution < 1.29 is 45.8 Å². The molecule has 0 atom stereocenters. The Kier molecular flexibility index (Phi) is 11.3. The molecule has 0 saturated carbocycles. The van der Waals surface area contributed by atoms with Crippen molar-refractivity contribution in [3.63, 3.8) is 0 Å². The minimum atomic E-state index is -5.08. The molecule has 15 heteroatoms. The number of anilines is 2. The summed E-state index contributed by atoms with van der Waals surface area (Å²) in [6.45, 7) is 4.54. The quantitative estimate of drug-likeness (QED) is 0.427. The number of aliphatic carboxylic acids is 1. The monoisotopic (exact) mass is 616 g/mol. The van der Waals surface area contributed by atoms with Gasteiger partial charge in [-0.1, -0.05) is 12.8 Å². The maximum atomic E-state index is 13.4. The van der Waals surface area contributed by atoms with E-state index in [1.807, 2.05) is 11.0 Å². The van der Waals surface area contributed by atoms with E-state index in [1.165, 1.54) is 26.4 Å². The topological polar surface area (TPSA) is 138 Å². The van der Waals surface area contributed by atoms with E-state index in [9.17, 15) is 26.4 Å². The second-order valence-corrected chi connectivity index (χ2v) is 11.3. The number of alkyl halides is 3. The Morgan fingerprint density at radius 2 is 1.50 bits per heavy atom. The zero-order chi connectivity index (χ0) is 30.9. The maximum Gasteiger partial charge on any atom is 0.490 e. The summed E-state index contributed by atoms with van der Waals surface area (Å²) >= 11 is 0. The average molecular weight is 617 g/mol. The van der Waals surface area contributed by atoms with Crippen LogP contribution in [0.15, 0.2) is 41.3 Å². The summed E-state index contributed by atoms with van der Waals surface area (Å²) in [6.07, 6.45) is -0.850. The number of hydrogen-bond donors (Lipinski definition) is 3. The van der Waals surface area contributed by atoms with Gasteiger partial charge in [0.2, 0.25) is 0 Å². The second kappa shape index (κ2) is 14.4. The van der Waals surface area contributed by atoms with Crippen LogP contribution < -0.4 is 24.4 Å². The van der Waals surface area contributed by atoms with Crippen LogP contribution in [0.1, 0.15) is 36.0 Å². The van der Waals surface area contributed by atoms with Gasteiger partial charge in [0, 0.05) is 50.9 Å². The van der Waals surface area contributed by atoms with E-state index in [2.05, 4.69) is 14.9 Å². The fraction of sp³-hybridized carbons (Fsp3) is 0.481. The number of ether oxygens (including phenoxy) is 2. The Balaban J connectivity index is 0.000000616. The smallest absolute Gasteiger partial charge is 0.490 e. The highest BCUT2D eigenvalue weighted by Gasteiger charge is 2.38. The van der Waals surface area contributed by atoms with Gasteiger partial charge in [0.1, 0.15) is 0 Å². The Morgan fingerprint density at radius 3 is 2.05 bits per heavy atom. The lowest BCUT2D eigenvalue weighted by molar-refractivity contribution is -0.192. The number of amides is 1. The van der Waals surface area contributed by atoms with Gasteiger partial charge in [-0.3, -0.25) is 9.52 Å². The predicted octanol–water partition coefficient (Wildman–Crippen LogP) is 3.56. The van der Waals surface area contributed by atoms with Crippen LogP contribution in [0.3, 0.4) is 0 Å². The van der Waals surface area contributed by atoms with Crippen molar-refractivity contribution in [3.05, 3.63) is 42.0 Å². The third kappa shape index (κ3) is 8.64. The van der Waals surface area contributed by atoms with Gasteiger partial charge in [-0.15, -0.1) is 0 Å². The molecule has 3 N–H and O–H groups in total. The van der Waals surface area contributed by atoms with Crippen LogP contribution >= 0.6 is 0 Å². The number of benzene rings is 2. The molecule has 42 heavy (non-hydrogen) atoms. The van der Waals surface area contributed by atoms with Crippen LogP contribution in [0.4, 0.5) is 24.5 Å². The lowest BCUT2D eigenvalue weighted by Gasteiger charge is -2.31. The Labute approximate surface area is 242 Å². The number of carboxylic acid groups (broad SMARTS) is 1. The van der Waals surface area contributed by atoms with E-state index < -0.39 is 22.2 Å². The summed E-state index contributed by atoms with van der Waals surface area (Å²) in [6, 6.07) is 9.78. The zero-order valence-corrected chi connectivity index (χ0v) is 24.2. The number of carbonyl (C=O) groups excluding carboxylic acids is 1. The number of halogens is 3. The van der Waals surface area contributed by atoms with Crippen LogP contribution in [0.25, 0.3) is 0 Å². The van der Waals surface area contributed by atoms with Gasteiger partial charge in [0.05, 0.1) is 30.5 Å². The summed E-state index contributed by atoms with van der Waals surface area (Å²) in [4.78, 5) is 26.2. The Bertz CT molecular complexity index is 1340. The SMILES string of the molecule is COc1ccc(S(=O)(=O)Nc2cc(C(=O)N3CCCCCC3)ccc2N2CCNCC2)cc1OC.O=C(O)C(F)(F)F. The first-order valence-electron chi connectivity index (χ1n) is 13.3. The third-order valence-corrected chi connectivity index (χ3v) is 8.11. The molecule has 2 aliphatic rings. The molecule has 0 aromatic heterocycles. The molecule has 2 heterocycles. The molecule has 0 aliphatic carbocycles. The van der Waals surface area contributed by atoms with E-state index in [0.29, 0.717) is 22.7 Å². The highest BCUT2D eigenvalue weighted by atomic mass is 32.2. The number of nitrogens with one attached hydrogen (secondary N) is 2. The minimum absolute atomic E-state index is 0.0469. The van der Waals surface area contributed by atoms with Gasteiger partial charge in [-0.05, 0) is 43.2 Å². The number of piperazine rings is 1. The molecule has 0 spiro atoms. The molecule has 4 rings (SSSR count). The number of nitrogens with zero attached hydrogens (tertiary/aromatic N) is 2. The lowest BCUT2D eigenvalue weighted by atomic mass is 10.1. The fourth-order valence-electron chi connectivity index (χ4n) is 4.58. The van der Waals surface area contributed by atoms with E-state index >= 15 is 0 Å². The Morgan fingerprint density at radius 1 is 0.905 bits per heavy atom. The number of methoxy groups -OCH3 is 2. The van der Waals surface area contributed by atoms with Gasteiger partial charge in [0.25, 0.3) is 15.9 Å². The summed E-state index contributed by atoms with van der Waals surface area (Å²) < 4.78 is 71.8. The number of carbonyl (C=O) groups is 2. The predicted molar refractivity (Wildman–Crippen MR) is 150 cm³/mol. The van der Waals surface area contributed by atoms with Crippen molar-refractivity contribution in [3.8, 4) is 11.5 Å². The summed E-state index contributed by atoms with van der Waals surface area (Å²) in [5.74, 6) is -2.06. The number of likely N-dealkylation sites (tertiary alicyclic amines) is 1. The van der Waals surface area contributed by atoms with Gasteiger partial charge >= 0.3 is 12.1 Å². The van der Waals surface area contributed by atoms with Gasteiger partial charge in [0.15, 0.2) is 11.5 Å². The molecular weight excluding hydrogens is 581 g/mol. The maximum absolute atomic E-state index is 13.4. The van der Waals surface area contributed by atoms with Crippen molar-refractivity contribution >= 4 is 33.3 Å². The summed E-state index contributed by atoms with van der Waals surface area (Å²) in [5.41, 5.74) is 1.63. The first-order chi connectivity index (χ1) is 19.9. The standard InChI is InChI=1S/C25H34N4O5S.C2HF3O2/c1-33-23-10-8-20(18-24(23)34-2)35(31,32)27-21-17-19(25(30)29-13-5-3-4-6-14-29)7-9-22(21)28-15-11-26-12-16-28;3-2(4,5)1(6)7/h7-10,17-18,26-27H,3-6,11-16H2,1-2H3;(H,6,7). The van der Waals surface area contributed by atoms with Crippen LogP contribution in [0.2, 0.25) is 0 Å². The van der Waals surface area contributed by atoms with Crippen molar-refractivity contribution in [1.29, 1.82) is 0 Å². The molecule has 2 aromatic carbocycles. The zero-order valence-electron chi connectivity index (χ0n) is 23.4. The van der Waals surface area contributed by atoms with Crippen LogP contribution in [-0.2, 0) is 14.8 Å². The minimum Gasteiger partial charge on any atom is -0.493 e. The molecule has 0 unspecified atom stereocenters. The van der Waals surface area contributed by atoms with E-state index in [-0.39, 0.29) is 10.8 Å². The summed E-state index contributed by atoms with van der Waals surface area (Å²) in [7, 11) is -1.00. The first kappa shape index (κ1) is 32.8.